The van der Waals surface area contributed by atoms with Gasteiger partial charge < -0.3 is 88.7 Å². The zero-order valence-electron chi connectivity index (χ0n) is 73.9. The lowest BCUT2D eigenvalue weighted by atomic mass is 9.84. The van der Waals surface area contributed by atoms with Crippen molar-refractivity contribution in [2.45, 2.75) is 505 Å². The third-order valence-corrected chi connectivity index (χ3v) is 24.3. The molecule has 19 atom stereocenters. The van der Waals surface area contributed by atoms with Crippen LogP contribution in [0.3, 0.4) is 0 Å². The van der Waals surface area contributed by atoms with Crippen LogP contribution in [-0.2, 0) is 70.7 Å². The first-order chi connectivity index (χ1) is 57.1. The molecule has 0 aromatic rings. The number of carbonyl (C=O) groups is 4. The summed E-state index contributed by atoms with van der Waals surface area (Å²) in [5.74, 6) is -2.30. The molecule has 2 saturated heterocycles. The van der Waals surface area contributed by atoms with E-state index in [-0.39, 0.29) is 25.7 Å². The van der Waals surface area contributed by atoms with Gasteiger partial charge in [0, 0.05) is 25.7 Å². The van der Waals surface area contributed by atoms with Crippen LogP contribution >= 0.6 is 7.82 Å². The lowest BCUT2D eigenvalue weighted by molar-refractivity contribution is -0.360. The Labute approximate surface area is 711 Å². The molecule has 0 amide bonds. The molecular formula is C92H169O25P. The molecule has 10 N–H and O–H groups in total. The fourth-order valence-corrected chi connectivity index (χ4v) is 16.6. The van der Waals surface area contributed by atoms with Crippen molar-refractivity contribution < 1.29 is 122 Å². The Hall–Kier alpha value is -3.05. The smallest absolute Gasteiger partial charge is 0.463 e. The molecule has 0 spiro atoms. The van der Waals surface area contributed by atoms with E-state index in [0.29, 0.717) is 44.4 Å². The lowest BCUT2D eigenvalue weighted by Crippen LogP contribution is -2.70. The molecule has 0 bridgehead atoms. The standard InChI is InChI=1S/C92H169O25P/c1-6-10-14-18-22-25-28-31-33-36-38-41-44-51-57-63-75(94)108-68-72(111-77(96)65-59-53-45-42-39-35-30-27-24-20-16-12-8-3)69-110-118(106,107)117-90-88(115-91-85(104)81(100)79(98)73(67-93)112-91)84(103)83(102)87(114-78(97)66-60-54-46-43-40-37-34-32-29-26-23-19-15-11-7-2)89(90)116-92-86(105)82(101)80(99)74(113-92)70-109-76(95)64-58-52-48-47-50-56-62-71(5)61-55-49-21-17-13-9-4/h26,29,35,39,71-74,79-93,98-105H,6-25,27-28,30-34,36-38,40-70H2,1-5H3,(H,106,107)/b29-26-,39-35-. The molecule has 3 fully saturated rings. The highest BCUT2D eigenvalue weighted by Gasteiger charge is 2.60. The van der Waals surface area contributed by atoms with Crippen LogP contribution in [0.5, 0.6) is 0 Å². The molecule has 1 saturated carbocycles. The van der Waals surface area contributed by atoms with E-state index in [1.807, 2.05) is 0 Å². The van der Waals surface area contributed by atoms with Crippen molar-refractivity contribution in [3.63, 3.8) is 0 Å². The van der Waals surface area contributed by atoms with Crippen LogP contribution < -0.4 is 0 Å². The summed E-state index contributed by atoms with van der Waals surface area (Å²) < 4.78 is 73.4. The number of rotatable bonds is 76. The molecule has 26 heteroatoms. The monoisotopic (exact) mass is 1710 g/mol. The number of phosphoric acid groups is 1. The van der Waals surface area contributed by atoms with Gasteiger partial charge in [-0.2, -0.15) is 0 Å². The molecule has 1 aliphatic carbocycles. The Kier molecular flexibility index (Phi) is 64.9. The van der Waals surface area contributed by atoms with Crippen molar-refractivity contribution in [3.8, 4) is 0 Å². The zero-order valence-corrected chi connectivity index (χ0v) is 74.8. The summed E-state index contributed by atoms with van der Waals surface area (Å²) in [6.45, 7) is 7.89. The van der Waals surface area contributed by atoms with Gasteiger partial charge in [0.25, 0.3) is 0 Å². The Morgan fingerprint density at radius 1 is 0.356 bits per heavy atom. The van der Waals surface area contributed by atoms with E-state index in [9.17, 15) is 74.6 Å². The summed E-state index contributed by atoms with van der Waals surface area (Å²) in [6.07, 6.45) is 28.9. The molecule has 2 aliphatic heterocycles. The molecule has 0 aromatic heterocycles. The van der Waals surface area contributed by atoms with Gasteiger partial charge in [0.05, 0.1) is 13.2 Å². The average Bonchev–Trinajstić information content (AvgIpc) is 0.753. The highest BCUT2D eigenvalue weighted by atomic mass is 31.2. The Morgan fingerprint density at radius 3 is 1.11 bits per heavy atom. The first-order valence-corrected chi connectivity index (χ1v) is 49.0. The second-order valence-corrected chi connectivity index (χ2v) is 35.6. The van der Waals surface area contributed by atoms with E-state index in [4.69, 9.17) is 46.9 Å². The van der Waals surface area contributed by atoms with Gasteiger partial charge >= 0.3 is 31.7 Å². The Balaban J connectivity index is 1.92. The minimum absolute atomic E-state index is 0.0136. The second kappa shape index (κ2) is 70.2. The van der Waals surface area contributed by atoms with Gasteiger partial charge in [0.2, 0.25) is 0 Å². The first kappa shape index (κ1) is 109. The van der Waals surface area contributed by atoms with Crippen molar-refractivity contribution >= 4 is 31.7 Å². The van der Waals surface area contributed by atoms with Crippen LogP contribution in [0.1, 0.15) is 401 Å². The number of phosphoric ester groups is 1. The van der Waals surface area contributed by atoms with E-state index >= 15 is 0 Å². The van der Waals surface area contributed by atoms with Gasteiger partial charge in [0.15, 0.2) is 24.8 Å². The number of allylic oxidation sites excluding steroid dienone is 4. The molecule has 0 aromatic carbocycles. The number of esters is 4. The first-order valence-electron chi connectivity index (χ1n) is 47.5. The van der Waals surface area contributed by atoms with E-state index in [1.54, 1.807) is 0 Å². The molecule has 118 heavy (non-hydrogen) atoms. The van der Waals surface area contributed by atoms with Crippen LogP contribution in [-0.4, -0.2) is 205 Å². The van der Waals surface area contributed by atoms with Gasteiger partial charge in [-0.3, -0.25) is 28.2 Å². The lowest BCUT2D eigenvalue weighted by Gasteiger charge is -2.50. The number of aliphatic hydroxyl groups excluding tert-OH is 9. The summed E-state index contributed by atoms with van der Waals surface area (Å²) in [5, 5.41) is 102. The molecule has 19 unspecified atom stereocenters. The van der Waals surface area contributed by atoms with Gasteiger partial charge in [-0.05, 0) is 83.0 Å². The normalized spacial score (nSPS) is 25.3. The highest BCUT2D eigenvalue weighted by molar-refractivity contribution is 7.47. The molecular weight excluding hydrogens is 1540 g/mol. The maximum atomic E-state index is 14.9. The van der Waals surface area contributed by atoms with Gasteiger partial charge in [-0.15, -0.1) is 0 Å². The fraction of sp³-hybridized carbons (Fsp3) is 0.913. The quantitative estimate of drug-likeness (QED) is 0.00889. The summed E-state index contributed by atoms with van der Waals surface area (Å²) >= 11 is 0. The molecule has 3 aliphatic rings. The predicted molar refractivity (Wildman–Crippen MR) is 458 cm³/mol. The van der Waals surface area contributed by atoms with Crippen LogP contribution in [0, 0.1) is 5.92 Å². The minimum Gasteiger partial charge on any atom is -0.463 e. The van der Waals surface area contributed by atoms with Crippen molar-refractivity contribution in [3.05, 3.63) is 24.3 Å². The van der Waals surface area contributed by atoms with Gasteiger partial charge in [-0.25, -0.2) is 4.57 Å². The molecule has 2 heterocycles. The third kappa shape index (κ3) is 50.2. The molecule has 692 valence electrons. The maximum absolute atomic E-state index is 14.9. The van der Waals surface area contributed by atoms with Crippen molar-refractivity contribution in [2.24, 2.45) is 5.92 Å². The zero-order chi connectivity index (χ0) is 86.2. The number of aliphatic hydroxyl groups is 9. The van der Waals surface area contributed by atoms with Crippen LogP contribution in [0.15, 0.2) is 24.3 Å². The van der Waals surface area contributed by atoms with Gasteiger partial charge in [-0.1, -0.05) is 322 Å². The third-order valence-electron chi connectivity index (χ3n) is 23.3. The van der Waals surface area contributed by atoms with Gasteiger partial charge in [0.1, 0.15) is 92.6 Å². The SMILES string of the molecule is CCCCCC/C=C\CCCCCCCCCC(=O)OC1C(O)C(O)C(OC2OC(CO)C(O)C(O)C2O)C(OP(=O)(O)OCC(COC(=O)CCCCCCCCCCCCCCCCC)OC(=O)CCCCC/C=C\CCCCCCCC)C1OC1OC(COC(=O)CCCCCCCCC(C)CCCCCCCC)C(O)C(O)C1O. The topological polar surface area (TPSA) is 380 Å². The van der Waals surface area contributed by atoms with E-state index in [2.05, 4.69) is 58.9 Å². The van der Waals surface area contributed by atoms with Crippen LogP contribution in [0.4, 0.5) is 0 Å². The fourth-order valence-electron chi connectivity index (χ4n) is 15.7. The van der Waals surface area contributed by atoms with Crippen LogP contribution in [0.25, 0.3) is 0 Å². The van der Waals surface area contributed by atoms with Crippen LogP contribution in [0.2, 0.25) is 0 Å². The van der Waals surface area contributed by atoms with E-state index in [0.717, 1.165) is 135 Å². The van der Waals surface area contributed by atoms with Crippen molar-refractivity contribution in [2.75, 3.05) is 26.4 Å². The molecule has 3 rings (SSSR count). The number of hydrogen-bond donors (Lipinski definition) is 10. The highest BCUT2D eigenvalue weighted by Crippen LogP contribution is 2.49. The van der Waals surface area contributed by atoms with Crippen molar-refractivity contribution in [1.82, 2.24) is 0 Å². The molecule has 25 nitrogen and oxygen atoms in total. The number of unbranched alkanes of at least 4 members (excludes halogenated alkanes) is 44. The second-order valence-electron chi connectivity index (χ2n) is 34.1. The minimum atomic E-state index is -5.81. The maximum Gasteiger partial charge on any atom is 0.472 e. The number of ether oxygens (including phenoxy) is 8. The molecule has 0 radical (unpaired) electrons. The summed E-state index contributed by atoms with van der Waals surface area (Å²) in [5.41, 5.74) is 0. The van der Waals surface area contributed by atoms with E-state index < -0.39 is 162 Å². The van der Waals surface area contributed by atoms with Crippen molar-refractivity contribution in [1.29, 1.82) is 0 Å². The summed E-state index contributed by atoms with van der Waals surface area (Å²) in [4.78, 5) is 66.5. The number of carbonyl (C=O) groups excluding carboxylic acids is 4. The average molecular weight is 1710 g/mol. The predicted octanol–water partition coefficient (Wildman–Crippen LogP) is 17.6. The largest absolute Gasteiger partial charge is 0.472 e. The Bertz CT molecular complexity index is 2570. The Morgan fingerprint density at radius 2 is 0.686 bits per heavy atom. The van der Waals surface area contributed by atoms with E-state index in [1.165, 1.54) is 167 Å². The summed E-state index contributed by atoms with van der Waals surface area (Å²) in [7, 11) is -5.81. The number of hydrogen-bond acceptors (Lipinski definition) is 24. The summed E-state index contributed by atoms with van der Waals surface area (Å²) in [6, 6.07) is 0.